The van der Waals surface area contributed by atoms with E-state index in [-0.39, 0.29) is 5.91 Å². The molecule has 0 unspecified atom stereocenters. The van der Waals surface area contributed by atoms with Gasteiger partial charge in [-0.25, -0.2) is 0 Å². The molecule has 122 valence electrons. The predicted molar refractivity (Wildman–Crippen MR) is 97.8 cm³/mol. The van der Waals surface area contributed by atoms with Gasteiger partial charge < -0.3 is 10.6 Å². The zero-order chi connectivity index (χ0) is 17.6. The van der Waals surface area contributed by atoms with Crippen LogP contribution in [0.15, 0.2) is 67.0 Å². The highest BCUT2D eigenvalue weighted by Crippen LogP contribution is 2.18. The lowest BCUT2D eigenvalue weighted by Crippen LogP contribution is -2.12. The van der Waals surface area contributed by atoms with Crippen LogP contribution in [0, 0.1) is 18.3 Å². The smallest absolute Gasteiger partial charge is 0.257 e. The Kier molecular flexibility index (Phi) is 4.72. The van der Waals surface area contributed by atoms with Crippen LogP contribution in [0.4, 0.5) is 17.1 Å². The molecule has 3 aromatic rings. The quantitative estimate of drug-likeness (QED) is 0.750. The van der Waals surface area contributed by atoms with E-state index in [0.29, 0.717) is 16.8 Å². The molecule has 25 heavy (non-hydrogen) atoms. The number of rotatable bonds is 4. The Labute approximate surface area is 146 Å². The topological polar surface area (TPSA) is 77.8 Å². The van der Waals surface area contributed by atoms with Gasteiger partial charge in [-0.3, -0.25) is 9.78 Å². The van der Waals surface area contributed by atoms with E-state index in [1.54, 1.807) is 36.5 Å². The summed E-state index contributed by atoms with van der Waals surface area (Å²) < 4.78 is 0. The molecule has 0 atom stereocenters. The SMILES string of the molecule is Cc1ccc(Nc2cncc(C(=O)Nc3cccc(C#N)c3)c2)cc1. The summed E-state index contributed by atoms with van der Waals surface area (Å²) in [5, 5.41) is 14.9. The van der Waals surface area contributed by atoms with E-state index < -0.39 is 0 Å². The number of benzene rings is 2. The predicted octanol–water partition coefficient (Wildman–Crippen LogP) is 4.26. The van der Waals surface area contributed by atoms with Gasteiger partial charge in [0.25, 0.3) is 5.91 Å². The van der Waals surface area contributed by atoms with E-state index >= 15 is 0 Å². The third-order valence-electron chi connectivity index (χ3n) is 3.59. The summed E-state index contributed by atoms with van der Waals surface area (Å²) in [6, 6.07) is 18.5. The lowest BCUT2D eigenvalue weighted by atomic mass is 10.2. The van der Waals surface area contributed by atoms with E-state index in [4.69, 9.17) is 5.26 Å². The van der Waals surface area contributed by atoms with Crippen LogP contribution in [-0.4, -0.2) is 10.9 Å². The van der Waals surface area contributed by atoms with Crippen LogP contribution in [0.1, 0.15) is 21.5 Å². The summed E-state index contributed by atoms with van der Waals surface area (Å²) in [7, 11) is 0. The molecule has 0 saturated carbocycles. The van der Waals surface area contributed by atoms with Crippen molar-refractivity contribution in [3.05, 3.63) is 83.7 Å². The van der Waals surface area contributed by atoms with Crippen LogP contribution in [0.2, 0.25) is 0 Å². The number of carbonyl (C=O) groups is 1. The van der Waals surface area contributed by atoms with Crippen molar-refractivity contribution in [2.24, 2.45) is 0 Å². The minimum Gasteiger partial charge on any atom is -0.354 e. The summed E-state index contributed by atoms with van der Waals surface area (Å²) in [5.74, 6) is -0.282. The Morgan fingerprint density at radius 1 is 1.00 bits per heavy atom. The highest BCUT2D eigenvalue weighted by atomic mass is 16.1. The third-order valence-corrected chi connectivity index (χ3v) is 3.59. The monoisotopic (exact) mass is 328 g/mol. The number of anilines is 3. The lowest BCUT2D eigenvalue weighted by molar-refractivity contribution is 0.102. The summed E-state index contributed by atoms with van der Waals surface area (Å²) in [6.07, 6.45) is 3.16. The van der Waals surface area contributed by atoms with Gasteiger partial charge in [0, 0.05) is 17.6 Å². The standard InChI is InChI=1S/C20H16N4O/c1-14-5-7-17(8-6-14)23-19-10-16(12-22-13-19)20(25)24-18-4-2-3-15(9-18)11-21/h2-10,12-13,23H,1H3,(H,24,25). The molecule has 0 aliphatic heterocycles. The van der Waals surface area contributed by atoms with Gasteiger partial charge in [-0.2, -0.15) is 5.26 Å². The Balaban J connectivity index is 1.75. The van der Waals surface area contributed by atoms with Gasteiger partial charge in [0.15, 0.2) is 0 Å². The molecule has 1 heterocycles. The molecule has 5 nitrogen and oxygen atoms in total. The second-order valence-corrected chi connectivity index (χ2v) is 5.60. The number of nitrogens with one attached hydrogen (secondary N) is 2. The minimum absolute atomic E-state index is 0.282. The van der Waals surface area contributed by atoms with Gasteiger partial charge in [-0.1, -0.05) is 23.8 Å². The van der Waals surface area contributed by atoms with Crippen LogP contribution in [0.3, 0.4) is 0 Å². The molecule has 0 spiro atoms. The second-order valence-electron chi connectivity index (χ2n) is 5.60. The average molecular weight is 328 g/mol. The van der Waals surface area contributed by atoms with Crippen molar-refractivity contribution in [3.63, 3.8) is 0 Å². The van der Waals surface area contributed by atoms with E-state index in [9.17, 15) is 4.79 Å². The van der Waals surface area contributed by atoms with Crippen molar-refractivity contribution < 1.29 is 4.79 Å². The van der Waals surface area contributed by atoms with E-state index in [1.165, 1.54) is 11.8 Å². The molecule has 0 saturated heterocycles. The number of aromatic nitrogens is 1. The van der Waals surface area contributed by atoms with Crippen molar-refractivity contribution in [2.75, 3.05) is 10.6 Å². The number of pyridine rings is 1. The Bertz CT molecular complexity index is 942. The van der Waals surface area contributed by atoms with Gasteiger partial charge in [0.1, 0.15) is 0 Å². The number of carbonyl (C=O) groups excluding carboxylic acids is 1. The maximum Gasteiger partial charge on any atom is 0.257 e. The first-order valence-corrected chi connectivity index (χ1v) is 7.74. The summed E-state index contributed by atoms with van der Waals surface area (Å²) in [6.45, 7) is 2.03. The maximum atomic E-state index is 12.4. The number of aryl methyl sites for hydroxylation is 1. The zero-order valence-electron chi connectivity index (χ0n) is 13.7. The fraction of sp³-hybridized carbons (Fsp3) is 0.0500. The molecular weight excluding hydrogens is 312 g/mol. The van der Waals surface area contributed by atoms with Crippen molar-refractivity contribution in [1.29, 1.82) is 5.26 Å². The number of hydrogen-bond acceptors (Lipinski definition) is 4. The molecule has 1 amide bonds. The summed E-state index contributed by atoms with van der Waals surface area (Å²) >= 11 is 0. The Morgan fingerprint density at radius 3 is 2.56 bits per heavy atom. The first-order chi connectivity index (χ1) is 12.1. The molecule has 2 aromatic carbocycles. The molecule has 0 aliphatic carbocycles. The third kappa shape index (κ3) is 4.21. The van der Waals surface area contributed by atoms with Gasteiger partial charge in [0.05, 0.1) is 29.1 Å². The largest absolute Gasteiger partial charge is 0.354 e. The average Bonchev–Trinajstić information content (AvgIpc) is 2.64. The van der Waals surface area contributed by atoms with Crippen LogP contribution < -0.4 is 10.6 Å². The molecule has 0 aliphatic rings. The maximum absolute atomic E-state index is 12.4. The first-order valence-electron chi connectivity index (χ1n) is 7.74. The fourth-order valence-electron chi connectivity index (χ4n) is 2.31. The molecule has 0 radical (unpaired) electrons. The van der Waals surface area contributed by atoms with Crippen LogP contribution >= 0.6 is 0 Å². The van der Waals surface area contributed by atoms with Crippen LogP contribution in [0.5, 0.6) is 0 Å². The van der Waals surface area contributed by atoms with Gasteiger partial charge in [0.2, 0.25) is 0 Å². The number of hydrogen-bond donors (Lipinski definition) is 2. The van der Waals surface area contributed by atoms with E-state index in [2.05, 4.69) is 15.6 Å². The van der Waals surface area contributed by atoms with Crippen molar-refractivity contribution in [3.8, 4) is 6.07 Å². The van der Waals surface area contributed by atoms with Gasteiger partial charge in [-0.15, -0.1) is 0 Å². The Morgan fingerprint density at radius 2 is 1.80 bits per heavy atom. The van der Waals surface area contributed by atoms with Gasteiger partial charge in [-0.05, 0) is 43.3 Å². The number of nitrogens with zero attached hydrogens (tertiary/aromatic N) is 2. The second kappa shape index (κ2) is 7.28. The van der Waals surface area contributed by atoms with E-state index in [0.717, 1.165) is 11.4 Å². The molecule has 0 bridgehead atoms. The highest BCUT2D eigenvalue weighted by Gasteiger charge is 2.08. The highest BCUT2D eigenvalue weighted by molar-refractivity contribution is 6.04. The molecular formula is C20H16N4O. The summed E-state index contributed by atoms with van der Waals surface area (Å²) in [4.78, 5) is 16.5. The lowest BCUT2D eigenvalue weighted by Gasteiger charge is -2.09. The number of amides is 1. The molecule has 1 aromatic heterocycles. The Hall–Kier alpha value is -3.65. The normalized spacial score (nSPS) is 9.92. The molecule has 0 fully saturated rings. The zero-order valence-corrected chi connectivity index (χ0v) is 13.7. The van der Waals surface area contributed by atoms with Crippen molar-refractivity contribution in [1.82, 2.24) is 4.98 Å². The van der Waals surface area contributed by atoms with Crippen molar-refractivity contribution >= 4 is 23.0 Å². The minimum atomic E-state index is -0.282. The molecule has 2 N–H and O–H groups in total. The van der Waals surface area contributed by atoms with Crippen molar-refractivity contribution in [2.45, 2.75) is 6.92 Å². The van der Waals surface area contributed by atoms with Crippen LogP contribution in [0.25, 0.3) is 0 Å². The van der Waals surface area contributed by atoms with E-state index in [1.807, 2.05) is 37.3 Å². The van der Waals surface area contributed by atoms with Gasteiger partial charge >= 0.3 is 0 Å². The first kappa shape index (κ1) is 16.2. The fourth-order valence-corrected chi connectivity index (χ4v) is 2.31. The summed E-state index contributed by atoms with van der Waals surface area (Å²) in [5.41, 5.74) is 4.32. The molecule has 3 rings (SSSR count). The molecule has 5 heteroatoms. The van der Waals surface area contributed by atoms with Crippen LogP contribution in [-0.2, 0) is 0 Å². The number of nitriles is 1.